The topological polar surface area (TPSA) is 96.5 Å². The molecule has 0 saturated carbocycles. The fourth-order valence-corrected chi connectivity index (χ4v) is 2.28. The van der Waals surface area contributed by atoms with Crippen molar-refractivity contribution >= 4 is 23.5 Å². The van der Waals surface area contributed by atoms with Crippen molar-refractivity contribution in [3.8, 4) is 0 Å². The first kappa shape index (κ1) is 22.6. The number of esters is 1. The first-order valence-electron chi connectivity index (χ1n) is 9.37. The summed E-state index contributed by atoms with van der Waals surface area (Å²) in [6.07, 6.45) is 1.76. The maximum absolute atomic E-state index is 11.9. The quantitative estimate of drug-likeness (QED) is 0.514. The molecule has 2 amide bonds. The molecule has 0 bridgehead atoms. The number of anilines is 1. The van der Waals surface area contributed by atoms with E-state index in [4.69, 9.17) is 4.74 Å². The summed E-state index contributed by atoms with van der Waals surface area (Å²) in [6.45, 7) is 8.07. The lowest BCUT2D eigenvalue weighted by atomic mass is 10.1. The third-order valence-electron chi connectivity index (χ3n) is 3.86. The third-order valence-corrected chi connectivity index (χ3v) is 3.86. The van der Waals surface area contributed by atoms with Crippen LogP contribution in [0.3, 0.4) is 0 Å². The highest BCUT2D eigenvalue weighted by atomic mass is 16.5. The van der Waals surface area contributed by atoms with Crippen LogP contribution in [-0.4, -0.2) is 36.9 Å². The van der Waals surface area contributed by atoms with Gasteiger partial charge < -0.3 is 20.7 Å². The molecule has 27 heavy (non-hydrogen) atoms. The van der Waals surface area contributed by atoms with Crippen molar-refractivity contribution < 1.29 is 19.1 Å². The Bertz CT molecular complexity index is 614. The Balaban J connectivity index is 2.35. The Kier molecular flexibility index (Phi) is 10.1. The standard InChI is InChI=1S/C20H31N3O4/c1-5-6-15(4)20(26)27-13-16-7-9-17(10-8-16)23-19(25)12-22-18(24)11-21-14(2)3/h7-10,14-15,21H,5-6,11-13H2,1-4H3,(H,22,24)(H,23,25). The second-order valence-electron chi connectivity index (χ2n) is 6.85. The molecule has 150 valence electrons. The summed E-state index contributed by atoms with van der Waals surface area (Å²) < 4.78 is 5.29. The summed E-state index contributed by atoms with van der Waals surface area (Å²) >= 11 is 0. The Morgan fingerprint density at radius 3 is 2.26 bits per heavy atom. The molecule has 1 atom stereocenters. The number of carbonyl (C=O) groups excluding carboxylic acids is 3. The predicted molar refractivity (Wildman–Crippen MR) is 105 cm³/mol. The molecule has 1 unspecified atom stereocenters. The van der Waals surface area contributed by atoms with E-state index in [0.29, 0.717) is 5.69 Å². The Labute approximate surface area is 161 Å². The van der Waals surface area contributed by atoms with Crippen molar-refractivity contribution in [1.29, 1.82) is 0 Å². The van der Waals surface area contributed by atoms with E-state index in [1.807, 2.05) is 27.7 Å². The highest BCUT2D eigenvalue weighted by molar-refractivity contribution is 5.94. The van der Waals surface area contributed by atoms with Gasteiger partial charge in [-0.3, -0.25) is 14.4 Å². The first-order chi connectivity index (χ1) is 12.8. The van der Waals surface area contributed by atoms with Gasteiger partial charge in [0, 0.05) is 11.7 Å². The molecule has 3 N–H and O–H groups in total. The van der Waals surface area contributed by atoms with E-state index in [1.54, 1.807) is 24.3 Å². The monoisotopic (exact) mass is 377 g/mol. The fraction of sp³-hybridized carbons (Fsp3) is 0.550. The normalized spacial score (nSPS) is 11.7. The summed E-state index contributed by atoms with van der Waals surface area (Å²) in [5.74, 6) is -0.829. The number of hydrogen-bond acceptors (Lipinski definition) is 5. The van der Waals surface area contributed by atoms with Gasteiger partial charge in [-0.2, -0.15) is 0 Å². The lowest BCUT2D eigenvalue weighted by Gasteiger charge is -2.11. The van der Waals surface area contributed by atoms with Gasteiger partial charge in [-0.05, 0) is 24.1 Å². The minimum atomic E-state index is -0.305. The molecular formula is C20H31N3O4. The molecular weight excluding hydrogens is 346 g/mol. The molecule has 0 saturated heterocycles. The number of rotatable bonds is 11. The average molecular weight is 377 g/mol. The average Bonchev–Trinajstić information content (AvgIpc) is 2.64. The minimum Gasteiger partial charge on any atom is -0.461 e. The van der Waals surface area contributed by atoms with Crippen LogP contribution < -0.4 is 16.0 Å². The van der Waals surface area contributed by atoms with Crippen molar-refractivity contribution in [2.45, 2.75) is 53.2 Å². The zero-order valence-electron chi connectivity index (χ0n) is 16.6. The lowest BCUT2D eigenvalue weighted by molar-refractivity contribution is -0.149. The molecule has 7 heteroatoms. The van der Waals surface area contributed by atoms with E-state index in [0.717, 1.165) is 18.4 Å². The van der Waals surface area contributed by atoms with E-state index in [1.165, 1.54) is 0 Å². The van der Waals surface area contributed by atoms with Crippen LogP contribution in [0.1, 0.15) is 46.1 Å². The number of carbonyl (C=O) groups is 3. The van der Waals surface area contributed by atoms with Gasteiger partial charge in [0.15, 0.2) is 0 Å². The summed E-state index contributed by atoms with van der Waals surface area (Å²) in [5.41, 5.74) is 1.46. The molecule has 0 heterocycles. The maximum Gasteiger partial charge on any atom is 0.308 e. The smallest absolute Gasteiger partial charge is 0.308 e. The molecule has 0 fully saturated rings. The van der Waals surface area contributed by atoms with E-state index in [-0.39, 0.29) is 49.4 Å². The van der Waals surface area contributed by atoms with Gasteiger partial charge in [0.05, 0.1) is 19.0 Å². The second-order valence-corrected chi connectivity index (χ2v) is 6.85. The Morgan fingerprint density at radius 1 is 1.00 bits per heavy atom. The minimum absolute atomic E-state index is 0.0900. The number of hydrogen-bond donors (Lipinski definition) is 3. The van der Waals surface area contributed by atoms with Gasteiger partial charge in [0.25, 0.3) is 0 Å². The summed E-state index contributed by atoms with van der Waals surface area (Å²) in [6, 6.07) is 7.26. The van der Waals surface area contributed by atoms with Gasteiger partial charge in [-0.25, -0.2) is 0 Å². The third kappa shape index (κ3) is 9.75. The molecule has 1 aromatic rings. The largest absolute Gasteiger partial charge is 0.461 e. The maximum atomic E-state index is 11.9. The second kappa shape index (κ2) is 12.1. The van der Waals surface area contributed by atoms with Crippen molar-refractivity contribution in [2.24, 2.45) is 5.92 Å². The zero-order chi connectivity index (χ0) is 20.2. The van der Waals surface area contributed by atoms with Gasteiger partial charge >= 0.3 is 5.97 Å². The van der Waals surface area contributed by atoms with Gasteiger partial charge in [-0.15, -0.1) is 0 Å². The predicted octanol–water partition coefficient (Wildman–Crippen LogP) is 2.22. The highest BCUT2D eigenvalue weighted by Gasteiger charge is 2.13. The van der Waals surface area contributed by atoms with Gasteiger partial charge in [0.2, 0.25) is 11.8 Å². The molecule has 0 radical (unpaired) electrons. The Morgan fingerprint density at radius 2 is 1.67 bits per heavy atom. The lowest BCUT2D eigenvalue weighted by Crippen LogP contribution is -2.40. The molecule has 0 aliphatic rings. The Hall–Kier alpha value is -2.41. The molecule has 0 aliphatic heterocycles. The van der Waals surface area contributed by atoms with E-state index in [2.05, 4.69) is 16.0 Å². The summed E-state index contributed by atoms with van der Waals surface area (Å²) in [4.78, 5) is 35.3. The molecule has 1 aromatic carbocycles. The van der Waals surface area contributed by atoms with E-state index in [9.17, 15) is 14.4 Å². The number of nitrogens with one attached hydrogen (secondary N) is 3. The van der Waals surface area contributed by atoms with Crippen LogP contribution in [0.2, 0.25) is 0 Å². The van der Waals surface area contributed by atoms with Crippen molar-refractivity contribution in [3.05, 3.63) is 29.8 Å². The van der Waals surface area contributed by atoms with Crippen LogP contribution in [0.4, 0.5) is 5.69 Å². The molecule has 7 nitrogen and oxygen atoms in total. The highest BCUT2D eigenvalue weighted by Crippen LogP contribution is 2.12. The van der Waals surface area contributed by atoms with E-state index < -0.39 is 0 Å². The van der Waals surface area contributed by atoms with Crippen LogP contribution in [-0.2, 0) is 25.7 Å². The molecule has 0 spiro atoms. The van der Waals surface area contributed by atoms with E-state index >= 15 is 0 Å². The van der Waals surface area contributed by atoms with Crippen LogP contribution in [0.5, 0.6) is 0 Å². The number of benzene rings is 1. The van der Waals surface area contributed by atoms with Crippen molar-refractivity contribution in [3.63, 3.8) is 0 Å². The molecule has 1 rings (SSSR count). The summed E-state index contributed by atoms with van der Waals surface area (Å²) in [5, 5.41) is 8.24. The van der Waals surface area contributed by atoms with Gasteiger partial charge in [0.1, 0.15) is 6.61 Å². The van der Waals surface area contributed by atoms with Crippen LogP contribution in [0, 0.1) is 5.92 Å². The fourth-order valence-electron chi connectivity index (χ4n) is 2.28. The van der Waals surface area contributed by atoms with Crippen LogP contribution >= 0.6 is 0 Å². The van der Waals surface area contributed by atoms with Crippen molar-refractivity contribution in [2.75, 3.05) is 18.4 Å². The van der Waals surface area contributed by atoms with Crippen LogP contribution in [0.25, 0.3) is 0 Å². The zero-order valence-corrected chi connectivity index (χ0v) is 16.6. The van der Waals surface area contributed by atoms with Crippen molar-refractivity contribution in [1.82, 2.24) is 10.6 Å². The number of amides is 2. The first-order valence-corrected chi connectivity index (χ1v) is 9.37. The SMILES string of the molecule is CCCC(C)C(=O)OCc1ccc(NC(=O)CNC(=O)CNC(C)C)cc1. The molecule has 0 aromatic heterocycles. The van der Waals surface area contributed by atoms with Crippen LogP contribution in [0.15, 0.2) is 24.3 Å². The summed E-state index contributed by atoms with van der Waals surface area (Å²) in [7, 11) is 0. The number of ether oxygens (including phenoxy) is 1. The van der Waals surface area contributed by atoms with Gasteiger partial charge in [-0.1, -0.05) is 46.2 Å². The molecule has 0 aliphatic carbocycles.